The Bertz CT molecular complexity index is 709. The third-order valence-electron chi connectivity index (χ3n) is 3.75. The van der Waals surface area contributed by atoms with Gasteiger partial charge in [0, 0.05) is 6.54 Å². The van der Waals surface area contributed by atoms with E-state index >= 15 is 0 Å². The molecular weight excluding hydrogens is 352 g/mol. The number of nitro groups is 1. The lowest BCUT2D eigenvalue weighted by molar-refractivity contribution is -0.385. The van der Waals surface area contributed by atoms with Gasteiger partial charge in [-0.15, -0.1) is 11.8 Å². The number of morpholine rings is 1. The first kappa shape index (κ1) is 19.0. The number of aliphatic carboxylic acids is 1. The minimum atomic E-state index is -1.18. The Hall–Kier alpha value is -2.33. The van der Waals surface area contributed by atoms with Crippen LogP contribution in [-0.2, 0) is 9.53 Å². The Morgan fingerprint density at radius 3 is 2.64 bits per heavy atom. The zero-order chi connectivity index (χ0) is 18.7. The second kappa shape index (κ2) is 7.70. The highest BCUT2D eigenvalue weighted by Crippen LogP contribution is 2.35. The molecule has 1 heterocycles. The fourth-order valence-corrected chi connectivity index (χ4v) is 3.19. The highest BCUT2D eigenvalue weighted by Gasteiger charge is 2.35. The topological polar surface area (TPSA) is 119 Å². The number of ether oxygens (including phenoxy) is 2. The molecule has 0 aliphatic carbocycles. The normalized spacial score (nSPS) is 20.2. The van der Waals surface area contributed by atoms with E-state index in [-0.39, 0.29) is 24.3 Å². The van der Waals surface area contributed by atoms with Gasteiger partial charge in [-0.2, -0.15) is 0 Å². The van der Waals surface area contributed by atoms with Gasteiger partial charge in [-0.3, -0.25) is 14.9 Å². The number of hydrogen-bond acceptors (Lipinski definition) is 7. The summed E-state index contributed by atoms with van der Waals surface area (Å²) in [6.07, 6.45) is 0.107. The largest absolute Gasteiger partial charge is 0.495 e. The van der Waals surface area contributed by atoms with Crippen LogP contribution in [0.25, 0.3) is 0 Å². The number of carbonyl (C=O) groups is 2. The zero-order valence-corrected chi connectivity index (χ0v) is 14.7. The lowest BCUT2D eigenvalue weighted by atomic mass is 10.1. The molecule has 2 atom stereocenters. The van der Waals surface area contributed by atoms with Crippen LogP contribution in [0.4, 0.5) is 5.69 Å². The van der Waals surface area contributed by atoms with Crippen molar-refractivity contribution in [2.75, 3.05) is 26.5 Å². The molecule has 2 rings (SSSR count). The highest BCUT2D eigenvalue weighted by atomic mass is 32.2. The average molecular weight is 370 g/mol. The quantitative estimate of drug-likeness (QED) is 0.472. The Kier molecular flexibility index (Phi) is 5.85. The molecular formula is C15H18N2O7S. The minimum Gasteiger partial charge on any atom is -0.495 e. The number of nitrogens with zero attached hydrogens (tertiary/aromatic N) is 2. The van der Waals surface area contributed by atoms with Crippen LogP contribution in [0, 0.1) is 10.1 Å². The van der Waals surface area contributed by atoms with Crippen LogP contribution in [0.2, 0.25) is 0 Å². The molecule has 0 bridgehead atoms. The van der Waals surface area contributed by atoms with E-state index in [2.05, 4.69) is 0 Å². The molecule has 0 radical (unpaired) electrons. The third-order valence-corrected chi connectivity index (χ3v) is 4.51. The lowest BCUT2D eigenvalue weighted by Gasteiger charge is -2.34. The van der Waals surface area contributed by atoms with Crippen LogP contribution < -0.4 is 4.74 Å². The van der Waals surface area contributed by atoms with Gasteiger partial charge in [0.15, 0.2) is 6.10 Å². The van der Waals surface area contributed by atoms with Gasteiger partial charge in [0.1, 0.15) is 11.3 Å². The van der Waals surface area contributed by atoms with E-state index in [9.17, 15) is 19.7 Å². The number of nitro benzene ring substituents is 1. The molecule has 25 heavy (non-hydrogen) atoms. The summed E-state index contributed by atoms with van der Waals surface area (Å²) in [4.78, 5) is 36.6. The van der Waals surface area contributed by atoms with E-state index in [0.717, 1.165) is 0 Å². The molecule has 1 amide bonds. The molecule has 1 aromatic carbocycles. The molecule has 1 fully saturated rings. The molecule has 10 heteroatoms. The fraction of sp³-hybridized carbons (Fsp3) is 0.467. The summed E-state index contributed by atoms with van der Waals surface area (Å²) >= 11 is 1.29. The van der Waals surface area contributed by atoms with Crippen molar-refractivity contribution in [3.63, 3.8) is 0 Å². The number of methoxy groups -OCH3 is 1. The number of benzene rings is 1. The summed E-state index contributed by atoms with van der Waals surface area (Å²) in [6, 6.07) is 2.61. The molecule has 1 unspecified atom stereocenters. The molecule has 1 aliphatic heterocycles. The smallest absolute Gasteiger partial charge is 0.334 e. The highest BCUT2D eigenvalue weighted by molar-refractivity contribution is 7.98. The molecule has 0 saturated carbocycles. The van der Waals surface area contributed by atoms with Gasteiger partial charge in [-0.1, -0.05) is 0 Å². The Balaban J connectivity index is 2.43. The van der Waals surface area contributed by atoms with E-state index in [1.807, 2.05) is 0 Å². The van der Waals surface area contributed by atoms with Crippen molar-refractivity contribution in [3.8, 4) is 5.75 Å². The van der Waals surface area contributed by atoms with Crippen molar-refractivity contribution in [3.05, 3.63) is 27.8 Å². The molecule has 9 nitrogen and oxygen atoms in total. The first-order chi connectivity index (χ1) is 11.8. The Morgan fingerprint density at radius 1 is 1.44 bits per heavy atom. The summed E-state index contributed by atoms with van der Waals surface area (Å²) in [5.74, 6) is -1.49. The molecule has 0 aromatic heterocycles. The summed E-state index contributed by atoms with van der Waals surface area (Å²) in [7, 11) is 1.39. The van der Waals surface area contributed by atoms with Crippen LogP contribution in [0.1, 0.15) is 17.3 Å². The first-order valence-electron chi connectivity index (χ1n) is 7.36. The van der Waals surface area contributed by atoms with E-state index < -0.39 is 29.0 Å². The molecule has 0 spiro atoms. The summed E-state index contributed by atoms with van der Waals surface area (Å²) < 4.78 is 10.4. The SMILES string of the molecule is COc1cc([N+](=O)[O-])c(C(=O)N2CC(C(=O)O)O[C@H](C)C2)cc1SC. The van der Waals surface area contributed by atoms with Crippen molar-refractivity contribution >= 4 is 29.3 Å². The van der Waals surface area contributed by atoms with Gasteiger partial charge in [-0.05, 0) is 19.2 Å². The maximum atomic E-state index is 12.8. The summed E-state index contributed by atoms with van der Waals surface area (Å²) in [6.45, 7) is 1.63. The zero-order valence-electron chi connectivity index (χ0n) is 13.9. The Labute approximate surface area is 148 Å². The lowest BCUT2D eigenvalue weighted by Crippen LogP contribution is -2.51. The number of rotatable bonds is 5. The summed E-state index contributed by atoms with van der Waals surface area (Å²) in [5, 5.41) is 20.5. The predicted octanol–water partition coefficient (Wildman–Crippen LogP) is 1.64. The molecule has 1 saturated heterocycles. The van der Waals surface area contributed by atoms with Crippen LogP contribution in [-0.4, -0.2) is 65.5 Å². The number of amides is 1. The third kappa shape index (κ3) is 4.02. The Morgan fingerprint density at radius 2 is 2.12 bits per heavy atom. The fourth-order valence-electron chi connectivity index (χ4n) is 2.61. The maximum absolute atomic E-state index is 12.8. The molecule has 1 N–H and O–H groups in total. The van der Waals surface area contributed by atoms with Crippen LogP contribution in [0.5, 0.6) is 5.75 Å². The van der Waals surface area contributed by atoms with Gasteiger partial charge < -0.3 is 19.5 Å². The van der Waals surface area contributed by atoms with Crippen LogP contribution in [0.15, 0.2) is 17.0 Å². The van der Waals surface area contributed by atoms with E-state index in [4.69, 9.17) is 14.6 Å². The number of thioether (sulfide) groups is 1. The molecule has 1 aromatic rings. The minimum absolute atomic E-state index is 0.103. The van der Waals surface area contributed by atoms with E-state index in [1.165, 1.54) is 35.9 Å². The van der Waals surface area contributed by atoms with Crippen molar-refractivity contribution < 1.29 is 29.1 Å². The monoisotopic (exact) mass is 370 g/mol. The van der Waals surface area contributed by atoms with Crippen molar-refractivity contribution in [2.45, 2.75) is 24.0 Å². The first-order valence-corrected chi connectivity index (χ1v) is 8.58. The second-order valence-corrected chi connectivity index (χ2v) is 6.31. The second-order valence-electron chi connectivity index (χ2n) is 5.47. The van der Waals surface area contributed by atoms with E-state index in [0.29, 0.717) is 10.6 Å². The number of hydrogen-bond donors (Lipinski definition) is 1. The number of carboxylic acid groups (broad SMARTS) is 1. The van der Waals surface area contributed by atoms with Crippen LogP contribution >= 0.6 is 11.8 Å². The van der Waals surface area contributed by atoms with Gasteiger partial charge in [0.05, 0.1) is 35.6 Å². The standard InChI is InChI=1S/C15H18N2O7S/c1-8-6-16(7-12(24-8)15(19)20)14(18)9-4-13(25-3)11(23-2)5-10(9)17(21)22/h4-5,8,12H,6-7H2,1-3H3,(H,19,20)/t8-,12?/m1/s1. The van der Waals surface area contributed by atoms with Gasteiger partial charge in [-0.25, -0.2) is 4.79 Å². The summed E-state index contributed by atoms with van der Waals surface area (Å²) in [5.41, 5.74) is -0.487. The van der Waals surface area contributed by atoms with Gasteiger partial charge in [0.25, 0.3) is 11.6 Å². The van der Waals surface area contributed by atoms with Crippen molar-refractivity contribution in [1.29, 1.82) is 0 Å². The maximum Gasteiger partial charge on any atom is 0.334 e. The number of carbonyl (C=O) groups excluding carboxylic acids is 1. The number of carboxylic acids is 1. The van der Waals surface area contributed by atoms with Crippen molar-refractivity contribution in [2.24, 2.45) is 0 Å². The average Bonchev–Trinajstić information content (AvgIpc) is 2.59. The van der Waals surface area contributed by atoms with Gasteiger partial charge >= 0.3 is 5.97 Å². The molecule has 1 aliphatic rings. The van der Waals surface area contributed by atoms with Gasteiger partial charge in [0.2, 0.25) is 0 Å². The van der Waals surface area contributed by atoms with Crippen LogP contribution in [0.3, 0.4) is 0 Å². The van der Waals surface area contributed by atoms with E-state index in [1.54, 1.807) is 13.2 Å². The van der Waals surface area contributed by atoms with Crippen molar-refractivity contribution in [1.82, 2.24) is 4.90 Å². The molecule has 136 valence electrons. The predicted molar refractivity (Wildman–Crippen MR) is 89.3 cm³/mol.